The van der Waals surface area contributed by atoms with Gasteiger partial charge in [0.25, 0.3) is 10.2 Å². The van der Waals surface area contributed by atoms with Gasteiger partial charge in [0.2, 0.25) is 5.91 Å². The van der Waals surface area contributed by atoms with Gasteiger partial charge in [0.15, 0.2) is 0 Å². The molecular weight excluding hydrogens is 358 g/mol. The van der Waals surface area contributed by atoms with E-state index < -0.39 is 28.2 Å². The first-order valence-electron chi connectivity index (χ1n) is 7.47. The summed E-state index contributed by atoms with van der Waals surface area (Å²) in [5.74, 6) is -2.39. The van der Waals surface area contributed by atoms with Gasteiger partial charge in [-0.2, -0.15) is 12.7 Å². The summed E-state index contributed by atoms with van der Waals surface area (Å²) in [5, 5.41) is 24.2. The Labute approximate surface area is 143 Å². The zero-order chi connectivity index (χ0) is 18.0. The van der Waals surface area contributed by atoms with Crippen LogP contribution in [0.2, 0.25) is 0 Å². The molecular formula is C13H19N3O6S2. The lowest BCUT2D eigenvalue weighted by Crippen LogP contribution is -2.63. The molecule has 24 heavy (non-hydrogen) atoms. The average Bonchev–Trinajstić information content (AvgIpc) is 2.61. The summed E-state index contributed by atoms with van der Waals surface area (Å²) in [5.41, 5.74) is -0.0477. The van der Waals surface area contributed by atoms with E-state index in [0.717, 1.165) is 4.31 Å². The van der Waals surface area contributed by atoms with Crippen LogP contribution in [-0.4, -0.2) is 70.2 Å². The number of thioether (sulfide) groups is 1. The Balaban J connectivity index is 1.80. The Kier molecular flexibility index (Phi) is 4.20. The van der Waals surface area contributed by atoms with Crippen LogP contribution in [0.3, 0.4) is 0 Å². The van der Waals surface area contributed by atoms with Crippen LogP contribution < -0.4 is 5.14 Å². The van der Waals surface area contributed by atoms with Crippen LogP contribution in [0.15, 0.2) is 10.6 Å². The van der Waals surface area contributed by atoms with Crippen LogP contribution in [-0.2, 0) is 19.8 Å². The summed E-state index contributed by atoms with van der Waals surface area (Å²) >= 11 is 1.28. The van der Waals surface area contributed by atoms with Gasteiger partial charge in [-0.05, 0) is 6.92 Å². The fourth-order valence-corrected chi connectivity index (χ4v) is 6.02. The third-order valence-corrected chi connectivity index (χ3v) is 7.25. The molecule has 2 saturated heterocycles. The van der Waals surface area contributed by atoms with Crippen LogP contribution in [0.1, 0.15) is 13.8 Å². The number of carbonyl (C=O) groups is 2. The molecule has 1 amide bonds. The van der Waals surface area contributed by atoms with E-state index in [1.54, 1.807) is 0 Å². The molecule has 9 nitrogen and oxygen atoms in total. The Hall–Kier alpha value is -1.14. The first-order valence-corrected chi connectivity index (χ1v) is 9.85. The highest BCUT2D eigenvalue weighted by Gasteiger charge is 2.60. The Morgan fingerprint density at radius 3 is 2.46 bits per heavy atom. The van der Waals surface area contributed by atoms with Gasteiger partial charge in [-0.3, -0.25) is 4.79 Å². The van der Waals surface area contributed by atoms with E-state index in [1.807, 2.05) is 6.92 Å². The van der Waals surface area contributed by atoms with Crippen molar-refractivity contribution in [3.63, 3.8) is 0 Å². The number of aliphatic carboxylic acids is 1. The van der Waals surface area contributed by atoms with Crippen molar-refractivity contribution < 1.29 is 28.2 Å². The maximum Gasteiger partial charge on any atom is 0.353 e. The predicted octanol–water partition coefficient (Wildman–Crippen LogP) is -1.24. The molecule has 4 N–H and O–H groups in total. The highest BCUT2D eigenvalue weighted by Crippen LogP contribution is 2.51. The summed E-state index contributed by atoms with van der Waals surface area (Å²) in [6.07, 6.45) is -0.845. The summed E-state index contributed by atoms with van der Waals surface area (Å²) in [6.45, 7) is 3.78. The van der Waals surface area contributed by atoms with Gasteiger partial charge < -0.3 is 15.1 Å². The normalized spacial score (nSPS) is 32.4. The van der Waals surface area contributed by atoms with E-state index in [0.29, 0.717) is 4.91 Å². The van der Waals surface area contributed by atoms with Crippen molar-refractivity contribution in [1.82, 2.24) is 9.21 Å². The lowest BCUT2D eigenvalue weighted by molar-refractivity contribution is -0.163. The van der Waals surface area contributed by atoms with Crippen molar-refractivity contribution in [1.29, 1.82) is 0 Å². The van der Waals surface area contributed by atoms with Crippen molar-refractivity contribution >= 4 is 33.8 Å². The number of carboxylic acid groups (broad SMARTS) is 1. The summed E-state index contributed by atoms with van der Waals surface area (Å²) < 4.78 is 23.5. The van der Waals surface area contributed by atoms with Gasteiger partial charge in [0.05, 0.1) is 18.1 Å². The average molecular weight is 377 g/mol. The molecule has 0 saturated carbocycles. The van der Waals surface area contributed by atoms with Crippen molar-refractivity contribution in [3.8, 4) is 0 Å². The number of carboxylic acids is 1. The first-order chi connectivity index (χ1) is 11.0. The minimum Gasteiger partial charge on any atom is -0.477 e. The number of rotatable bonds is 5. The Bertz CT molecular complexity index is 728. The van der Waals surface area contributed by atoms with E-state index in [-0.39, 0.29) is 41.9 Å². The zero-order valence-electron chi connectivity index (χ0n) is 13.1. The van der Waals surface area contributed by atoms with Crippen molar-refractivity contribution in [3.05, 3.63) is 10.6 Å². The number of hydrogen-bond donors (Lipinski definition) is 3. The van der Waals surface area contributed by atoms with Gasteiger partial charge in [-0.25, -0.2) is 9.93 Å². The van der Waals surface area contributed by atoms with E-state index in [2.05, 4.69) is 0 Å². The SMILES string of the molecule is C[C@@H](O)C1C(=O)N2C(C(=O)O)=C(SC3CN(S(N)(=O)=O)C3)[C@H](C)C12. The molecule has 0 spiro atoms. The van der Waals surface area contributed by atoms with Gasteiger partial charge in [-0.15, -0.1) is 11.8 Å². The number of aliphatic hydroxyl groups is 1. The number of amides is 1. The number of nitrogens with two attached hydrogens (primary N) is 1. The Morgan fingerprint density at radius 2 is 2.00 bits per heavy atom. The summed E-state index contributed by atoms with van der Waals surface area (Å²) in [7, 11) is -3.72. The number of aliphatic hydroxyl groups excluding tert-OH is 1. The van der Waals surface area contributed by atoms with Crippen LogP contribution in [0.4, 0.5) is 0 Å². The fraction of sp³-hybridized carbons (Fsp3) is 0.692. The number of fused-ring (bicyclic) bond motifs is 1. The third kappa shape index (κ3) is 2.54. The maximum absolute atomic E-state index is 12.2. The molecule has 3 aliphatic heterocycles. The molecule has 4 atom stereocenters. The van der Waals surface area contributed by atoms with Crippen molar-refractivity contribution in [2.45, 2.75) is 31.2 Å². The smallest absolute Gasteiger partial charge is 0.353 e. The maximum atomic E-state index is 12.2. The van der Waals surface area contributed by atoms with E-state index in [9.17, 15) is 28.2 Å². The molecule has 0 aliphatic carbocycles. The highest BCUT2D eigenvalue weighted by molar-refractivity contribution is 8.04. The standard InChI is InChI=1S/C13H19N3O6S2/c1-5-9-8(6(2)17)12(18)16(9)10(13(19)20)11(5)23-7-3-15(4-7)24(14,21)22/h5-9,17H,3-4H2,1-2H3,(H,19,20)(H2,14,21,22)/t5-,6-,8?,9?/m1/s1. The zero-order valence-corrected chi connectivity index (χ0v) is 14.7. The molecule has 2 unspecified atom stereocenters. The van der Waals surface area contributed by atoms with Crippen LogP contribution in [0.5, 0.6) is 0 Å². The van der Waals surface area contributed by atoms with Gasteiger partial charge in [0.1, 0.15) is 5.70 Å². The molecule has 3 rings (SSSR count). The van der Waals surface area contributed by atoms with Gasteiger partial charge in [-0.1, -0.05) is 6.92 Å². The van der Waals surface area contributed by atoms with Crippen molar-refractivity contribution in [2.24, 2.45) is 17.0 Å². The second kappa shape index (κ2) is 5.70. The molecule has 0 aromatic carbocycles. The molecule has 11 heteroatoms. The summed E-state index contributed by atoms with van der Waals surface area (Å²) in [6, 6.07) is -0.361. The summed E-state index contributed by atoms with van der Waals surface area (Å²) in [4.78, 5) is 25.6. The van der Waals surface area contributed by atoms with Crippen LogP contribution in [0, 0.1) is 11.8 Å². The monoisotopic (exact) mass is 377 g/mol. The first kappa shape index (κ1) is 17.7. The fourth-order valence-electron chi connectivity index (χ4n) is 3.54. The molecule has 3 heterocycles. The second-order valence-corrected chi connectivity index (χ2v) is 9.26. The topological polar surface area (TPSA) is 141 Å². The number of β-lactam (4-membered cyclic amide) rings is 1. The largest absolute Gasteiger partial charge is 0.477 e. The van der Waals surface area contributed by atoms with Gasteiger partial charge >= 0.3 is 5.97 Å². The van der Waals surface area contributed by atoms with E-state index >= 15 is 0 Å². The number of hydrogen-bond acceptors (Lipinski definition) is 6. The lowest BCUT2D eigenvalue weighted by Gasteiger charge is -2.46. The molecule has 3 aliphatic rings. The minimum absolute atomic E-state index is 0.0477. The van der Waals surface area contributed by atoms with Gasteiger partial charge in [0, 0.05) is 29.2 Å². The minimum atomic E-state index is -3.72. The lowest BCUT2D eigenvalue weighted by atomic mass is 9.79. The van der Waals surface area contributed by atoms with E-state index in [1.165, 1.54) is 23.6 Å². The molecule has 134 valence electrons. The molecule has 2 fully saturated rings. The molecule has 0 bridgehead atoms. The number of nitrogens with zero attached hydrogens (tertiary/aromatic N) is 2. The molecule has 0 radical (unpaired) electrons. The quantitative estimate of drug-likeness (QED) is 0.509. The van der Waals surface area contributed by atoms with Crippen LogP contribution in [0.25, 0.3) is 0 Å². The highest BCUT2D eigenvalue weighted by atomic mass is 32.2. The van der Waals surface area contributed by atoms with E-state index in [4.69, 9.17) is 5.14 Å². The van der Waals surface area contributed by atoms with Crippen molar-refractivity contribution in [2.75, 3.05) is 13.1 Å². The Morgan fingerprint density at radius 1 is 1.42 bits per heavy atom. The number of carbonyl (C=O) groups excluding carboxylic acids is 1. The molecule has 0 aromatic heterocycles. The predicted molar refractivity (Wildman–Crippen MR) is 85.7 cm³/mol. The molecule has 0 aromatic rings. The van der Waals surface area contributed by atoms with Crippen LogP contribution >= 0.6 is 11.8 Å². The second-order valence-electron chi connectivity index (χ2n) is 6.37. The third-order valence-electron chi connectivity index (χ3n) is 4.78.